The Kier molecular flexibility index (Phi) is 5.63. The number of aromatic nitrogens is 1. The predicted molar refractivity (Wildman–Crippen MR) is 92.8 cm³/mol. The molecule has 1 aromatic heterocycles. The van der Waals surface area contributed by atoms with Gasteiger partial charge in [-0.15, -0.1) is 0 Å². The Hall–Kier alpha value is -3.21. The lowest BCUT2D eigenvalue weighted by Crippen LogP contribution is -2.18. The Morgan fingerprint density at radius 3 is 2.17 bits per heavy atom. The third-order valence-electron chi connectivity index (χ3n) is 3.58. The van der Waals surface area contributed by atoms with E-state index < -0.39 is 5.97 Å². The summed E-state index contributed by atoms with van der Waals surface area (Å²) in [7, 11) is 0. The Bertz CT molecular complexity index is 847. The molecule has 2 aromatic carbocycles. The van der Waals surface area contributed by atoms with Crippen LogP contribution >= 0.6 is 0 Å². The largest absolute Gasteiger partial charge is 0.477 e. The average molecular weight is 322 g/mol. The predicted octanol–water partition coefficient (Wildman–Crippen LogP) is 3.21. The topological polar surface area (TPSA) is 93.3 Å². The van der Waals surface area contributed by atoms with Crippen molar-refractivity contribution in [3.05, 3.63) is 78.1 Å². The maximum Gasteiger partial charge on any atom is 0.354 e. The van der Waals surface area contributed by atoms with Crippen LogP contribution in [0.3, 0.4) is 0 Å². The number of carbonyl (C=O) groups is 2. The Labute approximate surface area is 139 Å². The summed E-state index contributed by atoms with van der Waals surface area (Å²) in [5, 5.41) is 10.5. The van der Waals surface area contributed by atoms with Gasteiger partial charge in [-0.2, -0.15) is 0 Å². The van der Waals surface area contributed by atoms with Crippen LogP contribution in [0.25, 0.3) is 10.8 Å². The van der Waals surface area contributed by atoms with Crippen LogP contribution in [0.5, 0.6) is 0 Å². The van der Waals surface area contributed by atoms with Gasteiger partial charge in [0.15, 0.2) is 0 Å². The second kappa shape index (κ2) is 7.87. The molecule has 0 aliphatic rings. The van der Waals surface area contributed by atoms with Crippen molar-refractivity contribution in [1.29, 1.82) is 0 Å². The third kappa shape index (κ3) is 4.39. The number of amides is 1. The Morgan fingerprint density at radius 2 is 1.58 bits per heavy atom. The van der Waals surface area contributed by atoms with Gasteiger partial charge in [0.25, 0.3) is 0 Å². The summed E-state index contributed by atoms with van der Waals surface area (Å²) in [4.78, 5) is 25.1. The van der Waals surface area contributed by atoms with E-state index in [4.69, 9.17) is 10.8 Å². The molecule has 0 saturated carbocycles. The summed E-state index contributed by atoms with van der Waals surface area (Å²) >= 11 is 0. The van der Waals surface area contributed by atoms with Crippen LogP contribution in [0.1, 0.15) is 28.9 Å². The van der Waals surface area contributed by atoms with Gasteiger partial charge in [0.2, 0.25) is 5.91 Å². The van der Waals surface area contributed by atoms with Gasteiger partial charge in [0, 0.05) is 11.6 Å². The average Bonchev–Trinajstić information content (AvgIpc) is 2.61. The molecule has 3 N–H and O–H groups in total. The molecule has 1 amide bonds. The summed E-state index contributed by atoms with van der Waals surface area (Å²) < 4.78 is 0. The zero-order chi connectivity index (χ0) is 17.5. The van der Waals surface area contributed by atoms with Crippen LogP contribution in [-0.4, -0.2) is 22.0 Å². The highest BCUT2D eigenvalue weighted by molar-refractivity contribution is 5.91. The van der Waals surface area contributed by atoms with Crippen molar-refractivity contribution in [2.24, 2.45) is 5.73 Å². The molecule has 122 valence electrons. The summed E-state index contributed by atoms with van der Waals surface area (Å²) in [6.07, 6.45) is 1.57. The standard InChI is InChI=1S/C10H7NO2.C9H11NO/c12-10(13)9-5-7-3-1-2-4-8(7)6-11-9;1-7(9(10)11)8-5-3-2-4-6-8/h1-6H,(H,12,13);2-7H,1H3,(H2,10,11). The van der Waals surface area contributed by atoms with Crippen molar-refractivity contribution in [1.82, 2.24) is 4.98 Å². The second-order valence-corrected chi connectivity index (χ2v) is 5.26. The van der Waals surface area contributed by atoms with Crippen molar-refractivity contribution >= 4 is 22.6 Å². The fourth-order valence-electron chi connectivity index (χ4n) is 2.11. The van der Waals surface area contributed by atoms with E-state index in [1.54, 1.807) is 19.2 Å². The van der Waals surface area contributed by atoms with E-state index in [1.807, 2.05) is 54.6 Å². The Balaban J connectivity index is 0.000000177. The lowest BCUT2D eigenvalue weighted by atomic mass is 10.0. The van der Waals surface area contributed by atoms with Gasteiger partial charge in [0.1, 0.15) is 5.69 Å². The SMILES string of the molecule is CC(C(N)=O)c1ccccc1.O=C(O)c1cc2ccccc2cn1. The van der Waals surface area contributed by atoms with Gasteiger partial charge < -0.3 is 10.8 Å². The number of carboxylic acids is 1. The number of primary amides is 1. The molecule has 0 aliphatic heterocycles. The number of fused-ring (bicyclic) bond motifs is 1. The minimum Gasteiger partial charge on any atom is -0.477 e. The quantitative estimate of drug-likeness (QED) is 0.774. The van der Waals surface area contributed by atoms with E-state index >= 15 is 0 Å². The fourth-order valence-corrected chi connectivity index (χ4v) is 2.11. The van der Waals surface area contributed by atoms with E-state index in [1.165, 1.54) is 0 Å². The summed E-state index contributed by atoms with van der Waals surface area (Å²) in [6.45, 7) is 1.80. The molecule has 0 spiro atoms. The second-order valence-electron chi connectivity index (χ2n) is 5.26. The van der Waals surface area contributed by atoms with Crippen LogP contribution in [0.4, 0.5) is 0 Å². The highest BCUT2D eigenvalue weighted by Gasteiger charge is 2.09. The van der Waals surface area contributed by atoms with Crippen molar-refractivity contribution in [2.45, 2.75) is 12.8 Å². The Morgan fingerprint density at radius 1 is 1.00 bits per heavy atom. The lowest BCUT2D eigenvalue weighted by Gasteiger charge is -2.05. The molecule has 0 fully saturated rings. The third-order valence-corrected chi connectivity index (χ3v) is 3.58. The van der Waals surface area contributed by atoms with Gasteiger partial charge in [-0.05, 0) is 23.9 Å². The normalized spacial score (nSPS) is 11.2. The molecule has 1 unspecified atom stereocenters. The van der Waals surface area contributed by atoms with Gasteiger partial charge in [-0.1, -0.05) is 54.6 Å². The molecule has 0 aliphatic carbocycles. The molecule has 24 heavy (non-hydrogen) atoms. The van der Waals surface area contributed by atoms with E-state index in [0.29, 0.717) is 0 Å². The summed E-state index contributed by atoms with van der Waals surface area (Å²) in [5.74, 6) is -1.46. The van der Waals surface area contributed by atoms with Crippen LogP contribution in [-0.2, 0) is 4.79 Å². The van der Waals surface area contributed by atoms with Crippen LogP contribution < -0.4 is 5.73 Å². The van der Waals surface area contributed by atoms with E-state index in [9.17, 15) is 9.59 Å². The van der Waals surface area contributed by atoms with Crippen molar-refractivity contribution in [3.8, 4) is 0 Å². The monoisotopic (exact) mass is 322 g/mol. The summed E-state index contributed by atoms with van der Waals surface area (Å²) in [6, 6.07) is 18.6. The van der Waals surface area contributed by atoms with E-state index in [-0.39, 0.29) is 17.5 Å². The smallest absolute Gasteiger partial charge is 0.354 e. The summed E-state index contributed by atoms with van der Waals surface area (Å²) in [5.41, 5.74) is 6.18. The number of rotatable bonds is 3. The highest BCUT2D eigenvalue weighted by atomic mass is 16.4. The first-order valence-corrected chi connectivity index (χ1v) is 7.41. The fraction of sp³-hybridized carbons (Fsp3) is 0.105. The molecule has 0 radical (unpaired) electrons. The first-order valence-electron chi connectivity index (χ1n) is 7.41. The number of carboxylic acid groups (broad SMARTS) is 1. The van der Waals surface area contributed by atoms with Gasteiger partial charge in [-0.3, -0.25) is 4.79 Å². The number of pyridine rings is 1. The van der Waals surface area contributed by atoms with Crippen LogP contribution in [0, 0.1) is 0 Å². The van der Waals surface area contributed by atoms with Gasteiger partial charge in [-0.25, -0.2) is 9.78 Å². The molecule has 5 heteroatoms. The molecule has 3 aromatic rings. The molecular formula is C19H18N2O3. The molecule has 0 bridgehead atoms. The first kappa shape index (κ1) is 17.1. The number of aromatic carboxylic acids is 1. The lowest BCUT2D eigenvalue weighted by molar-refractivity contribution is -0.119. The molecule has 3 rings (SSSR count). The van der Waals surface area contributed by atoms with Crippen LogP contribution in [0.15, 0.2) is 66.9 Å². The number of hydrogen-bond donors (Lipinski definition) is 2. The number of nitrogens with two attached hydrogens (primary N) is 1. The number of hydrogen-bond acceptors (Lipinski definition) is 3. The highest BCUT2D eigenvalue weighted by Crippen LogP contribution is 2.13. The van der Waals surface area contributed by atoms with Crippen molar-refractivity contribution < 1.29 is 14.7 Å². The minimum atomic E-state index is -0.995. The molecule has 1 atom stereocenters. The van der Waals surface area contributed by atoms with Gasteiger partial charge in [0.05, 0.1) is 5.92 Å². The van der Waals surface area contributed by atoms with E-state index in [0.717, 1.165) is 16.3 Å². The minimum absolute atomic E-state index is 0.0821. The van der Waals surface area contributed by atoms with Crippen molar-refractivity contribution in [3.63, 3.8) is 0 Å². The first-order chi connectivity index (χ1) is 11.5. The number of nitrogens with zero attached hydrogens (tertiary/aromatic N) is 1. The zero-order valence-electron chi connectivity index (χ0n) is 13.2. The molecular weight excluding hydrogens is 304 g/mol. The van der Waals surface area contributed by atoms with Gasteiger partial charge >= 0.3 is 5.97 Å². The van der Waals surface area contributed by atoms with Crippen LogP contribution in [0.2, 0.25) is 0 Å². The zero-order valence-corrected chi connectivity index (χ0v) is 13.2. The van der Waals surface area contributed by atoms with Crippen molar-refractivity contribution in [2.75, 3.05) is 0 Å². The molecule has 1 heterocycles. The maximum atomic E-state index is 10.7. The number of carbonyl (C=O) groups excluding carboxylic acids is 1. The maximum absolute atomic E-state index is 10.7. The molecule has 5 nitrogen and oxygen atoms in total. The van der Waals surface area contributed by atoms with E-state index in [2.05, 4.69) is 4.98 Å². The number of benzene rings is 2. The molecule has 0 saturated heterocycles.